The van der Waals surface area contributed by atoms with E-state index in [0.717, 1.165) is 27.5 Å². The number of hydrogen-bond donors (Lipinski definition) is 0. The summed E-state index contributed by atoms with van der Waals surface area (Å²) in [5.74, 6) is -1.11. The van der Waals surface area contributed by atoms with Crippen molar-refractivity contribution in [3.8, 4) is 0 Å². The summed E-state index contributed by atoms with van der Waals surface area (Å²) in [4.78, 5) is 45.8. The summed E-state index contributed by atoms with van der Waals surface area (Å²) in [6.07, 6.45) is 0. The van der Waals surface area contributed by atoms with Gasteiger partial charge in [0.2, 0.25) is 0 Å². The van der Waals surface area contributed by atoms with Gasteiger partial charge in [0.1, 0.15) is 11.0 Å². The first-order valence-electron chi connectivity index (χ1n) is 12.0. The maximum absolute atomic E-state index is 14.6. The first-order chi connectivity index (χ1) is 16.9. The number of nitrogens with zero attached hydrogens (tertiary/aromatic N) is 1. The zero-order chi connectivity index (χ0) is 24.1. The minimum absolute atomic E-state index is 0.157. The van der Waals surface area contributed by atoms with E-state index in [4.69, 9.17) is 0 Å². The highest BCUT2D eigenvalue weighted by atomic mass is 16.2. The number of likely N-dealkylation sites (tertiary alicyclic amines) is 1. The Morgan fingerprint density at radius 2 is 1.31 bits per heavy atom. The van der Waals surface area contributed by atoms with E-state index in [2.05, 4.69) is 0 Å². The first kappa shape index (κ1) is 20.5. The van der Waals surface area contributed by atoms with Crippen LogP contribution in [0.1, 0.15) is 53.7 Å². The van der Waals surface area contributed by atoms with Crippen LogP contribution in [0.15, 0.2) is 84.9 Å². The third kappa shape index (κ3) is 2.11. The molecule has 0 N–H and O–H groups in total. The van der Waals surface area contributed by atoms with Gasteiger partial charge in [-0.1, -0.05) is 90.5 Å². The molecule has 4 heteroatoms. The molecule has 0 radical (unpaired) electrons. The van der Waals surface area contributed by atoms with Crippen LogP contribution in [0.25, 0.3) is 10.8 Å². The van der Waals surface area contributed by atoms with Gasteiger partial charge in [-0.25, -0.2) is 0 Å². The second kappa shape index (κ2) is 6.61. The predicted molar refractivity (Wildman–Crippen MR) is 134 cm³/mol. The van der Waals surface area contributed by atoms with Crippen LogP contribution in [0.4, 0.5) is 0 Å². The molecule has 35 heavy (non-hydrogen) atoms. The van der Waals surface area contributed by atoms with Crippen molar-refractivity contribution in [3.05, 3.63) is 118 Å². The van der Waals surface area contributed by atoms with Gasteiger partial charge in [-0.2, -0.15) is 0 Å². The number of ketones is 3. The Hall–Kier alpha value is -3.89. The van der Waals surface area contributed by atoms with Crippen molar-refractivity contribution in [1.82, 2.24) is 4.90 Å². The van der Waals surface area contributed by atoms with E-state index in [1.54, 1.807) is 24.3 Å². The molecule has 0 saturated carbocycles. The van der Waals surface area contributed by atoms with E-state index in [0.29, 0.717) is 23.2 Å². The van der Waals surface area contributed by atoms with E-state index in [1.165, 1.54) is 0 Å². The Kier molecular flexibility index (Phi) is 3.87. The van der Waals surface area contributed by atoms with Gasteiger partial charge >= 0.3 is 0 Å². The first-order valence-corrected chi connectivity index (χ1v) is 12.0. The second-order valence-corrected chi connectivity index (χ2v) is 10.1. The molecule has 4 nitrogen and oxygen atoms in total. The summed E-state index contributed by atoms with van der Waals surface area (Å²) in [6, 6.07) is 26.6. The summed E-state index contributed by atoms with van der Waals surface area (Å²) in [6.45, 7) is 2.44. The Morgan fingerprint density at radius 3 is 1.97 bits per heavy atom. The lowest BCUT2D eigenvalue weighted by atomic mass is 9.57. The fourth-order valence-corrected chi connectivity index (χ4v) is 7.23. The Morgan fingerprint density at radius 1 is 0.714 bits per heavy atom. The predicted octanol–water partition coefficient (Wildman–Crippen LogP) is 5.33. The zero-order valence-corrected chi connectivity index (χ0v) is 19.5. The van der Waals surface area contributed by atoms with Crippen molar-refractivity contribution < 1.29 is 14.4 Å². The topological polar surface area (TPSA) is 54.5 Å². The summed E-state index contributed by atoms with van der Waals surface area (Å²) < 4.78 is 0. The summed E-state index contributed by atoms with van der Waals surface area (Å²) >= 11 is 0. The number of likely N-dealkylation sites (N-methyl/N-ethyl adjacent to an activating group) is 1. The van der Waals surface area contributed by atoms with E-state index in [-0.39, 0.29) is 17.3 Å². The number of rotatable bonds is 1. The van der Waals surface area contributed by atoms with Crippen molar-refractivity contribution >= 4 is 28.1 Å². The lowest BCUT2D eigenvalue weighted by Gasteiger charge is -2.43. The number of Topliss-reactive ketones (excluding diaryl/α,β-unsaturated/α-hetero) is 3. The van der Waals surface area contributed by atoms with Crippen LogP contribution in [0.3, 0.4) is 0 Å². The average molecular weight is 458 g/mol. The third-order valence-electron chi connectivity index (χ3n) is 8.60. The molecule has 7 rings (SSSR count). The van der Waals surface area contributed by atoms with E-state index >= 15 is 0 Å². The number of fused-ring (bicyclic) bond motifs is 3. The molecule has 1 saturated heterocycles. The zero-order valence-electron chi connectivity index (χ0n) is 19.5. The smallest absolute Gasteiger partial charge is 0.189 e. The summed E-state index contributed by atoms with van der Waals surface area (Å²) in [7, 11) is 1.89. The molecule has 0 bridgehead atoms. The number of carbonyl (C=O) groups is 3. The molecule has 170 valence electrons. The largest absolute Gasteiger partial charge is 0.293 e. The van der Waals surface area contributed by atoms with Gasteiger partial charge in [-0.15, -0.1) is 0 Å². The molecular weight excluding hydrogens is 434 g/mol. The van der Waals surface area contributed by atoms with E-state index < -0.39 is 16.9 Å². The number of hydrogen-bond acceptors (Lipinski definition) is 4. The van der Waals surface area contributed by atoms with Gasteiger partial charge in [0, 0.05) is 29.2 Å². The number of aryl methyl sites for hydroxylation is 1. The monoisotopic (exact) mass is 457 g/mol. The lowest BCUT2D eigenvalue weighted by Crippen LogP contribution is -2.59. The molecule has 1 fully saturated rings. The molecule has 4 aromatic rings. The molecule has 2 aliphatic carbocycles. The van der Waals surface area contributed by atoms with Gasteiger partial charge in [-0.3, -0.25) is 19.3 Å². The highest BCUT2D eigenvalue weighted by molar-refractivity contribution is 6.36. The summed E-state index contributed by atoms with van der Waals surface area (Å²) in [5, 5.41) is 1.80. The molecule has 0 unspecified atom stereocenters. The van der Waals surface area contributed by atoms with Crippen molar-refractivity contribution in [2.24, 2.45) is 5.41 Å². The fraction of sp³-hybridized carbons (Fsp3) is 0.194. The van der Waals surface area contributed by atoms with Crippen LogP contribution < -0.4 is 0 Å². The molecule has 1 aliphatic heterocycles. The van der Waals surface area contributed by atoms with Crippen LogP contribution in [0.2, 0.25) is 0 Å². The van der Waals surface area contributed by atoms with Crippen molar-refractivity contribution in [2.45, 2.75) is 18.4 Å². The Labute approximate surface area is 203 Å². The van der Waals surface area contributed by atoms with Crippen molar-refractivity contribution in [1.29, 1.82) is 0 Å². The van der Waals surface area contributed by atoms with Crippen molar-refractivity contribution in [3.63, 3.8) is 0 Å². The number of carbonyl (C=O) groups excluding carboxylic acids is 3. The van der Waals surface area contributed by atoms with Crippen LogP contribution in [-0.2, 0) is 5.54 Å². The minimum Gasteiger partial charge on any atom is -0.293 e. The molecule has 1 heterocycles. The van der Waals surface area contributed by atoms with Gasteiger partial charge in [0.25, 0.3) is 0 Å². The Bertz CT molecular complexity index is 1580. The molecule has 4 aromatic carbocycles. The van der Waals surface area contributed by atoms with Crippen LogP contribution >= 0.6 is 0 Å². The highest BCUT2D eigenvalue weighted by Gasteiger charge is 2.78. The normalized spacial score (nSPS) is 24.3. The number of benzene rings is 4. The maximum Gasteiger partial charge on any atom is 0.189 e. The van der Waals surface area contributed by atoms with Gasteiger partial charge in [0.15, 0.2) is 17.3 Å². The summed E-state index contributed by atoms with van der Waals surface area (Å²) in [5.41, 5.74) is 1.22. The molecule has 3 aliphatic rings. The standard InChI is InChI=1S/C31H23NO3/c1-18-13-15-19(16-14-18)25-17-32(2)31(30(25)27(33)21-9-3-4-10-22(21)28(30)34)24-12-6-8-20-7-5-11-23(26(20)24)29(31)35/h3-16,25H,17H2,1-2H3/t25-,31-/m0/s1. The SMILES string of the molecule is Cc1ccc([C@@H]2CN(C)[C@@]3(C(=O)c4cccc5cccc3c45)C23C(=O)c2ccccc2C3=O)cc1. The van der Waals surface area contributed by atoms with Crippen LogP contribution in [0.5, 0.6) is 0 Å². The molecule has 2 spiro atoms. The third-order valence-corrected chi connectivity index (χ3v) is 8.60. The molecular formula is C31H23NO3. The van der Waals surface area contributed by atoms with E-state index in [9.17, 15) is 14.4 Å². The second-order valence-electron chi connectivity index (χ2n) is 10.1. The molecule has 0 amide bonds. The highest BCUT2D eigenvalue weighted by Crippen LogP contribution is 2.67. The average Bonchev–Trinajstić information content (AvgIpc) is 3.40. The van der Waals surface area contributed by atoms with Gasteiger partial charge in [0.05, 0.1) is 0 Å². The van der Waals surface area contributed by atoms with E-state index in [1.807, 2.05) is 79.5 Å². The fourth-order valence-electron chi connectivity index (χ4n) is 7.23. The lowest BCUT2D eigenvalue weighted by molar-refractivity contribution is 0.0320. The molecule has 2 atom stereocenters. The van der Waals surface area contributed by atoms with Gasteiger partial charge in [-0.05, 0) is 35.9 Å². The molecule has 0 aromatic heterocycles. The quantitative estimate of drug-likeness (QED) is 0.362. The van der Waals surface area contributed by atoms with Crippen LogP contribution in [-0.4, -0.2) is 35.8 Å². The van der Waals surface area contributed by atoms with Crippen LogP contribution in [0, 0.1) is 12.3 Å². The minimum atomic E-state index is -1.58. The Balaban J connectivity index is 1.62. The maximum atomic E-state index is 14.6. The van der Waals surface area contributed by atoms with Crippen molar-refractivity contribution in [2.75, 3.05) is 13.6 Å². The van der Waals surface area contributed by atoms with Gasteiger partial charge < -0.3 is 0 Å².